The largest absolute Gasteiger partial charge is 0.384 e. The van der Waals surface area contributed by atoms with Gasteiger partial charge in [0.2, 0.25) is 0 Å². The fraction of sp³-hybridized carbons (Fsp3) is 0.188. The molecule has 0 aliphatic heterocycles. The summed E-state index contributed by atoms with van der Waals surface area (Å²) in [4.78, 5) is 9.66. The number of hydrogen-bond acceptors (Lipinski definition) is 4. The second-order valence-electron chi connectivity index (χ2n) is 9.31. The lowest BCUT2D eigenvalue weighted by molar-refractivity contribution is 0.671. The van der Waals surface area contributed by atoms with Gasteiger partial charge in [0.1, 0.15) is 0 Å². The van der Waals surface area contributed by atoms with Crippen LogP contribution in [0.2, 0.25) is 0 Å². The van der Waals surface area contributed by atoms with Crippen molar-refractivity contribution < 1.29 is 0 Å². The van der Waals surface area contributed by atoms with E-state index >= 15 is 0 Å². The normalized spacial score (nSPS) is 10.8. The predicted molar refractivity (Wildman–Crippen MR) is 168 cm³/mol. The maximum absolute atomic E-state index is 4.83. The van der Waals surface area contributed by atoms with Crippen LogP contribution in [0.25, 0.3) is 43.6 Å². The maximum atomic E-state index is 4.83. The van der Waals surface area contributed by atoms with E-state index in [2.05, 4.69) is 108 Å². The Kier molecular flexibility index (Phi) is 9.22. The van der Waals surface area contributed by atoms with E-state index in [1.165, 1.54) is 45.8 Å². The zero-order valence-electron chi connectivity index (χ0n) is 21.2. The van der Waals surface area contributed by atoms with Gasteiger partial charge in [-0.25, -0.2) is 9.97 Å². The molecule has 6 heteroatoms. The number of benzene rings is 4. The molecule has 0 fully saturated rings. The number of para-hydroxylation sites is 4. The Bertz CT molecular complexity index is 1440. The number of nitrogens with one attached hydrogen (secondary N) is 2. The molecule has 0 unspecified atom stereocenters. The topological polar surface area (TPSA) is 49.8 Å². The molecule has 2 heterocycles. The molecule has 0 aliphatic carbocycles. The lowest BCUT2D eigenvalue weighted by Gasteiger charge is -2.14. The fourth-order valence-electron chi connectivity index (χ4n) is 5.09. The lowest BCUT2D eigenvalue weighted by atomic mass is 10.1. The first-order valence-corrected chi connectivity index (χ1v) is 12.9. The van der Waals surface area contributed by atoms with E-state index < -0.39 is 0 Å². The summed E-state index contributed by atoms with van der Waals surface area (Å²) in [5.74, 6) is 0. The van der Waals surface area contributed by atoms with Crippen LogP contribution in [-0.4, -0.2) is 23.1 Å². The van der Waals surface area contributed by atoms with Gasteiger partial charge in [0.05, 0.1) is 33.4 Å². The van der Waals surface area contributed by atoms with Crippen LogP contribution >= 0.6 is 24.8 Å². The second kappa shape index (κ2) is 12.8. The number of nitrogens with zero attached hydrogens (tertiary/aromatic N) is 2. The summed E-state index contributed by atoms with van der Waals surface area (Å²) >= 11 is 0. The number of aromatic nitrogens is 2. The van der Waals surface area contributed by atoms with E-state index in [4.69, 9.17) is 9.97 Å². The molecular formula is C32H32Cl2N4. The summed E-state index contributed by atoms with van der Waals surface area (Å²) in [6.07, 6.45) is 4.69. The second-order valence-corrected chi connectivity index (χ2v) is 9.31. The molecule has 38 heavy (non-hydrogen) atoms. The van der Waals surface area contributed by atoms with Crippen LogP contribution in [-0.2, 0) is 0 Å². The van der Waals surface area contributed by atoms with Crippen LogP contribution in [0.5, 0.6) is 0 Å². The molecule has 0 atom stereocenters. The highest BCUT2D eigenvalue weighted by atomic mass is 35.5. The molecule has 4 nitrogen and oxygen atoms in total. The summed E-state index contributed by atoms with van der Waals surface area (Å²) in [5.41, 5.74) is 6.58. The van der Waals surface area contributed by atoms with Crippen LogP contribution in [0, 0.1) is 0 Å². The Morgan fingerprint density at radius 2 is 0.684 bits per heavy atom. The molecule has 2 N–H and O–H groups in total. The third-order valence-corrected chi connectivity index (χ3v) is 6.88. The monoisotopic (exact) mass is 542 g/mol. The first-order chi connectivity index (χ1) is 17.9. The van der Waals surface area contributed by atoms with Crippen molar-refractivity contribution in [3.63, 3.8) is 0 Å². The van der Waals surface area contributed by atoms with Gasteiger partial charge in [0.15, 0.2) is 0 Å². The SMILES string of the molecule is Cl.Cl.c1ccc2c(NCCCCCCNc3c4ccccc4nc4ccccc34)c3ccccc3nc2c1. The molecule has 0 amide bonds. The number of anilines is 2. The fourth-order valence-corrected chi connectivity index (χ4v) is 5.09. The van der Waals surface area contributed by atoms with Crippen molar-refractivity contribution in [3.05, 3.63) is 97.1 Å². The smallest absolute Gasteiger partial charge is 0.0730 e. The Morgan fingerprint density at radius 3 is 1.00 bits per heavy atom. The van der Waals surface area contributed by atoms with E-state index in [1.807, 2.05) is 0 Å². The van der Waals surface area contributed by atoms with Gasteiger partial charge in [-0.05, 0) is 37.1 Å². The van der Waals surface area contributed by atoms with Gasteiger partial charge in [0.25, 0.3) is 0 Å². The van der Waals surface area contributed by atoms with Crippen LogP contribution in [0.15, 0.2) is 97.1 Å². The summed E-state index contributed by atoms with van der Waals surface area (Å²) in [5, 5.41) is 12.2. The van der Waals surface area contributed by atoms with E-state index in [9.17, 15) is 0 Å². The van der Waals surface area contributed by atoms with Gasteiger partial charge < -0.3 is 10.6 Å². The quantitative estimate of drug-likeness (QED) is 0.141. The number of halogens is 2. The molecule has 0 radical (unpaired) electrons. The number of hydrogen-bond donors (Lipinski definition) is 2. The first-order valence-electron chi connectivity index (χ1n) is 12.9. The maximum Gasteiger partial charge on any atom is 0.0730 e. The molecule has 0 spiro atoms. The summed E-state index contributed by atoms with van der Waals surface area (Å²) in [7, 11) is 0. The number of rotatable bonds is 9. The van der Waals surface area contributed by atoms with Gasteiger partial charge in [-0.2, -0.15) is 0 Å². The standard InChI is InChI=1S/C32H30N4.2ClH/c1(11-21-33-31-23-13-3-7-17-27(23)35-28-18-8-4-14-24(28)31)2-12-22-34-32-25-15-5-9-19-29(25)36-30-20-10-6-16-26(30)32;;/h3-10,13-20H,1-2,11-12,21-22H2,(H,33,35)(H,34,36);2*1H. The Morgan fingerprint density at radius 1 is 0.395 bits per heavy atom. The Hall–Kier alpha value is -3.60. The van der Waals surface area contributed by atoms with E-state index in [1.54, 1.807) is 0 Å². The van der Waals surface area contributed by atoms with Crippen LogP contribution in [0.1, 0.15) is 25.7 Å². The van der Waals surface area contributed by atoms with Gasteiger partial charge in [-0.1, -0.05) is 85.6 Å². The molecule has 6 aromatic rings. The highest BCUT2D eigenvalue weighted by Gasteiger charge is 2.09. The lowest BCUT2D eigenvalue weighted by Crippen LogP contribution is -2.05. The Balaban J connectivity index is 0.00000168. The zero-order valence-corrected chi connectivity index (χ0v) is 22.8. The van der Waals surface area contributed by atoms with Crippen molar-refractivity contribution in [2.75, 3.05) is 23.7 Å². The zero-order chi connectivity index (χ0) is 24.2. The van der Waals surface area contributed by atoms with Crippen molar-refractivity contribution in [1.29, 1.82) is 0 Å². The minimum Gasteiger partial charge on any atom is -0.384 e. The van der Waals surface area contributed by atoms with Crippen LogP contribution < -0.4 is 10.6 Å². The average Bonchev–Trinajstić information content (AvgIpc) is 2.93. The molecule has 0 saturated heterocycles. The third-order valence-electron chi connectivity index (χ3n) is 6.88. The Labute approximate surface area is 235 Å². The van der Waals surface area contributed by atoms with Crippen molar-refractivity contribution >= 4 is 79.8 Å². The summed E-state index contributed by atoms with van der Waals surface area (Å²) in [6, 6.07) is 33.6. The molecule has 4 aromatic carbocycles. The molecular weight excluding hydrogens is 511 g/mol. The van der Waals surface area contributed by atoms with E-state index in [-0.39, 0.29) is 24.8 Å². The van der Waals surface area contributed by atoms with Crippen molar-refractivity contribution in [2.45, 2.75) is 25.7 Å². The molecule has 6 rings (SSSR count). The van der Waals surface area contributed by atoms with Gasteiger partial charge in [-0.15, -0.1) is 24.8 Å². The van der Waals surface area contributed by atoms with Gasteiger partial charge >= 0.3 is 0 Å². The highest BCUT2D eigenvalue weighted by molar-refractivity contribution is 6.08. The molecule has 0 bridgehead atoms. The van der Waals surface area contributed by atoms with Gasteiger partial charge in [0, 0.05) is 34.6 Å². The number of fused-ring (bicyclic) bond motifs is 4. The van der Waals surface area contributed by atoms with Crippen LogP contribution in [0.3, 0.4) is 0 Å². The molecule has 2 aromatic heterocycles. The molecule has 194 valence electrons. The van der Waals surface area contributed by atoms with Crippen molar-refractivity contribution in [3.8, 4) is 0 Å². The number of pyridine rings is 2. The summed E-state index contributed by atoms with van der Waals surface area (Å²) < 4.78 is 0. The molecule has 0 saturated carbocycles. The van der Waals surface area contributed by atoms with Crippen molar-refractivity contribution in [1.82, 2.24) is 9.97 Å². The number of unbranched alkanes of at least 4 members (excludes halogenated alkanes) is 3. The van der Waals surface area contributed by atoms with Gasteiger partial charge in [-0.3, -0.25) is 0 Å². The third kappa shape index (κ3) is 5.62. The highest BCUT2D eigenvalue weighted by Crippen LogP contribution is 2.32. The summed E-state index contributed by atoms with van der Waals surface area (Å²) in [6.45, 7) is 1.93. The predicted octanol–water partition coefficient (Wildman–Crippen LogP) is 9.02. The average molecular weight is 544 g/mol. The van der Waals surface area contributed by atoms with E-state index in [0.717, 1.165) is 48.0 Å². The minimum atomic E-state index is 0. The van der Waals surface area contributed by atoms with Crippen LogP contribution in [0.4, 0.5) is 11.4 Å². The minimum absolute atomic E-state index is 0. The first kappa shape index (κ1) is 27.4. The van der Waals surface area contributed by atoms with E-state index in [0.29, 0.717) is 0 Å². The van der Waals surface area contributed by atoms with Crippen molar-refractivity contribution in [2.24, 2.45) is 0 Å². The molecule has 0 aliphatic rings.